The van der Waals surface area contributed by atoms with Crippen molar-refractivity contribution >= 4 is 34.8 Å². The van der Waals surface area contributed by atoms with Crippen LogP contribution in [0, 0.1) is 0 Å². The summed E-state index contributed by atoms with van der Waals surface area (Å²) in [5.74, 6) is 0. The van der Waals surface area contributed by atoms with Crippen molar-refractivity contribution in [1.29, 1.82) is 0 Å². The van der Waals surface area contributed by atoms with Crippen molar-refractivity contribution in [2.24, 2.45) is 0 Å². The predicted molar refractivity (Wildman–Crippen MR) is 63.5 cm³/mol. The second kappa shape index (κ2) is 4.65. The van der Waals surface area contributed by atoms with Crippen molar-refractivity contribution in [3.8, 4) is 0 Å². The highest BCUT2D eigenvalue weighted by atomic mass is 35.5. The number of rotatable bonds is 1. The second-order valence-corrected chi connectivity index (χ2v) is 4.55. The third kappa shape index (κ3) is 2.60. The molecule has 0 saturated heterocycles. The van der Waals surface area contributed by atoms with Gasteiger partial charge in [0.05, 0.1) is 10.0 Å². The number of ether oxygens (including phenoxy) is 1. The van der Waals surface area contributed by atoms with Gasteiger partial charge >= 0.3 is 0 Å². The van der Waals surface area contributed by atoms with Crippen molar-refractivity contribution in [3.63, 3.8) is 0 Å². The Morgan fingerprint density at radius 1 is 1.13 bits per heavy atom. The van der Waals surface area contributed by atoms with Crippen LogP contribution in [0.15, 0.2) is 29.5 Å². The van der Waals surface area contributed by atoms with Gasteiger partial charge in [-0.25, -0.2) is 0 Å². The van der Waals surface area contributed by atoms with Crippen LogP contribution in [0.25, 0.3) is 0 Å². The molecule has 1 aromatic carbocycles. The molecule has 0 spiro atoms. The molecule has 4 heteroatoms. The molecule has 2 rings (SSSR count). The van der Waals surface area contributed by atoms with Crippen molar-refractivity contribution < 1.29 is 4.74 Å². The summed E-state index contributed by atoms with van der Waals surface area (Å²) in [5, 5.41) is 1.55. The summed E-state index contributed by atoms with van der Waals surface area (Å²) in [6.07, 6.45) is 3.69. The average Bonchev–Trinajstić information content (AvgIpc) is 2.22. The SMILES string of the molecule is ClC1=CCCC(c2ccc(Cl)c(Cl)c2)O1. The summed E-state index contributed by atoms with van der Waals surface area (Å²) >= 11 is 17.6. The fourth-order valence-corrected chi connectivity index (χ4v) is 2.06. The summed E-state index contributed by atoms with van der Waals surface area (Å²) in [6.45, 7) is 0. The number of halogens is 3. The molecule has 0 aliphatic carbocycles. The molecule has 1 heterocycles. The van der Waals surface area contributed by atoms with E-state index in [-0.39, 0.29) is 6.10 Å². The zero-order chi connectivity index (χ0) is 10.8. The molecule has 1 atom stereocenters. The lowest BCUT2D eigenvalue weighted by Crippen LogP contribution is -2.06. The van der Waals surface area contributed by atoms with Gasteiger partial charge in [0.15, 0.2) is 5.22 Å². The Morgan fingerprint density at radius 3 is 2.60 bits per heavy atom. The fourth-order valence-electron chi connectivity index (χ4n) is 1.54. The lowest BCUT2D eigenvalue weighted by atomic mass is 10.0. The highest BCUT2D eigenvalue weighted by Crippen LogP contribution is 2.34. The van der Waals surface area contributed by atoms with Crippen LogP contribution < -0.4 is 0 Å². The Bertz CT molecular complexity index is 401. The zero-order valence-corrected chi connectivity index (χ0v) is 10.1. The third-order valence-corrected chi connectivity index (χ3v) is 3.29. The monoisotopic (exact) mass is 262 g/mol. The van der Waals surface area contributed by atoms with Crippen LogP contribution in [-0.2, 0) is 4.74 Å². The van der Waals surface area contributed by atoms with Crippen LogP contribution in [-0.4, -0.2) is 0 Å². The Kier molecular flexibility index (Phi) is 3.45. The maximum Gasteiger partial charge on any atom is 0.183 e. The minimum absolute atomic E-state index is 0.0164. The molecule has 1 aromatic rings. The van der Waals surface area contributed by atoms with Gasteiger partial charge in [0.2, 0.25) is 0 Å². The van der Waals surface area contributed by atoms with E-state index in [9.17, 15) is 0 Å². The zero-order valence-electron chi connectivity index (χ0n) is 7.84. The van der Waals surface area contributed by atoms with E-state index >= 15 is 0 Å². The topological polar surface area (TPSA) is 9.23 Å². The average molecular weight is 264 g/mol. The molecule has 0 saturated carbocycles. The molecule has 1 unspecified atom stereocenters. The van der Waals surface area contributed by atoms with Gasteiger partial charge in [-0.05, 0) is 48.2 Å². The van der Waals surface area contributed by atoms with Gasteiger partial charge in [-0.2, -0.15) is 0 Å². The minimum atomic E-state index is -0.0164. The molecule has 0 bridgehead atoms. The Balaban J connectivity index is 2.23. The molecule has 1 nitrogen and oxygen atoms in total. The van der Waals surface area contributed by atoms with Gasteiger partial charge in [-0.15, -0.1) is 0 Å². The quantitative estimate of drug-likeness (QED) is 0.698. The minimum Gasteiger partial charge on any atom is -0.475 e. The first-order chi connectivity index (χ1) is 7.16. The molecular formula is C11H9Cl3O. The molecular weight excluding hydrogens is 254 g/mol. The van der Waals surface area contributed by atoms with Crippen LogP contribution in [0.4, 0.5) is 0 Å². The van der Waals surface area contributed by atoms with Crippen molar-refractivity contribution in [2.45, 2.75) is 18.9 Å². The molecule has 15 heavy (non-hydrogen) atoms. The summed E-state index contributed by atoms with van der Waals surface area (Å²) in [4.78, 5) is 0. The largest absolute Gasteiger partial charge is 0.475 e. The molecule has 0 fully saturated rings. The molecule has 0 N–H and O–H groups in total. The molecule has 0 amide bonds. The maximum absolute atomic E-state index is 5.93. The first-order valence-corrected chi connectivity index (χ1v) is 5.77. The number of allylic oxidation sites excluding steroid dienone is 1. The molecule has 0 aromatic heterocycles. The molecule has 1 aliphatic rings. The van der Waals surface area contributed by atoms with Gasteiger partial charge in [0.25, 0.3) is 0 Å². The van der Waals surface area contributed by atoms with Gasteiger partial charge in [-0.3, -0.25) is 0 Å². The van der Waals surface area contributed by atoms with Crippen molar-refractivity contribution in [2.75, 3.05) is 0 Å². The van der Waals surface area contributed by atoms with Crippen LogP contribution in [0.3, 0.4) is 0 Å². The van der Waals surface area contributed by atoms with E-state index in [1.165, 1.54) is 0 Å². The van der Waals surface area contributed by atoms with E-state index in [2.05, 4.69) is 0 Å². The molecule has 80 valence electrons. The number of benzene rings is 1. The lowest BCUT2D eigenvalue weighted by molar-refractivity contribution is 0.114. The summed E-state index contributed by atoms with van der Waals surface area (Å²) in [7, 11) is 0. The first-order valence-electron chi connectivity index (χ1n) is 4.64. The Labute approximate surface area is 104 Å². The summed E-state index contributed by atoms with van der Waals surface area (Å²) < 4.78 is 5.49. The van der Waals surface area contributed by atoms with E-state index in [0.717, 1.165) is 18.4 Å². The Morgan fingerprint density at radius 2 is 1.93 bits per heavy atom. The van der Waals surface area contributed by atoms with E-state index in [4.69, 9.17) is 39.5 Å². The predicted octanol–water partition coefficient (Wildman–Crippen LogP) is 4.93. The van der Waals surface area contributed by atoms with Gasteiger partial charge in [0.1, 0.15) is 6.10 Å². The summed E-state index contributed by atoms with van der Waals surface area (Å²) in [6, 6.07) is 5.51. The van der Waals surface area contributed by atoms with Crippen LogP contribution in [0.5, 0.6) is 0 Å². The highest BCUT2D eigenvalue weighted by molar-refractivity contribution is 6.42. The first kappa shape index (κ1) is 11.1. The summed E-state index contributed by atoms with van der Waals surface area (Å²) in [5.41, 5.74) is 1.01. The normalized spacial score (nSPS) is 20.7. The maximum atomic E-state index is 5.93. The molecule has 0 radical (unpaired) electrons. The van der Waals surface area contributed by atoms with Crippen molar-refractivity contribution in [3.05, 3.63) is 45.1 Å². The van der Waals surface area contributed by atoms with Crippen LogP contribution in [0.2, 0.25) is 10.0 Å². The van der Waals surface area contributed by atoms with Gasteiger partial charge < -0.3 is 4.74 Å². The van der Waals surface area contributed by atoms with Crippen LogP contribution >= 0.6 is 34.8 Å². The van der Waals surface area contributed by atoms with E-state index in [0.29, 0.717) is 15.3 Å². The second-order valence-electron chi connectivity index (χ2n) is 3.37. The van der Waals surface area contributed by atoms with Crippen molar-refractivity contribution in [1.82, 2.24) is 0 Å². The third-order valence-electron chi connectivity index (χ3n) is 2.30. The van der Waals surface area contributed by atoms with Gasteiger partial charge in [-0.1, -0.05) is 29.3 Å². The smallest absolute Gasteiger partial charge is 0.183 e. The number of hydrogen-bond donors (Lipinski definition) is 0. The van der Waals surface area contributed by atoms with E-state index in [1.54, 1.807) is 6.07 Å². The Hall–Kier alpha value is -0.370. The molecule has 1 aliphatic heterocycles. The number of hydrogen-bond acceptors (Lipinski definition) is 1. The van der Waals surface area contributed by atoms with E-state index < -0.39 is 0 Å². The van der Waals surface area contributed by atoms with Gasteiger partial charge in [0, 0.05) is 0 Å². The standard InChI is InChI=1S/C11H9Cl3O/c12-8-5-4-7(6-9(8)13)10-2-1-3-11(14)15-10/h3-6,10H,1-2H2. The lowest BCUT2D eigenvalue weighted by Gasteiger charge is -2.22. The highest BCUT2D eigenvalue weighted by Gasteiger charge is 2.18. The van der Waals surface area contributed by atoms with Crippen LogP contribution in [0.1, 0.15) is 24.5 Å². The van der Waals surface area contributed by atoms with E-state index in [1.807, 2.05) is 18.2 Å². The fraction of sp³-hybridized carbons (Fsp3) is 0.273.